The summed E-state index contributed by atoms with van der Waals surface area (Å²) in [6.45, 7) is 12.4. The first-order valence-corrected chi connectivity index (χ1v) is 7.79. The molecule has 0 bridgehead atoms. The molecule has 2 unspecified atom stereocenters. The van der Waals surface area contributed by atoms with Crippen LogP contribution < -0.4 is 5.32 Å². The Morgan fingerprint density at radius 2 is 1.78 bits per heavy atom. The third-order valence-electron chi connectivity index (χ3n) is 4.92. The predicted molar refractivity (Wildman–Crippen MR) is 76.8 cm³/mol. The summed E-state index contributed by atoms with van der Waals surface area (Å²) in [4.78, 5) is 0. The summed E-state index contributed by atoms with van der Waals surface area (Å²) in [6, 6.07) is 0.647. The Hall–Kier alpha value is -0.0800. The van der Waals surface area contributed by atoms with E-state index in [1.807, 2.05) is 0 Å². The molecule has 0 amide bonds. The molecule has 2 heteroatoms. The topological polar surface area (TPSA) is 21.3 Å². The molecule has 2 aliphatic rings. The maximum absolute atomic E-state index is 6.30. The van der Waals surface area contributed by atoms with Gasteiger partial charge in [-0.1, -0.05) is 19.8 Å². The Balaban J connectivity index is 2.14. The smallest absolute Gasteiger partial charge is 0.0677 e. The van der Waals surface area contributed by atoms with E-state index in [9.17, 15) is 0 Å². The molecular weight excluding hydrogens is 222 g/mol. The van der Waals surface area contributed by atoms with Crippen molar-refractivity contribution < 1.29 is 4.74 Å². The lowest BCUT2D eigenvalue weighted by Gasteiger charge is -2.36. The normalized spacial score (nSPS) is 32.8. The lowest BCUT2D eigenvalue weighted by Crippen LogP contribution is -2.48. The lowest BCUT2D eigenvalue weighted by atomic mass is 9.76. The highest BCUT2D eigenvalue weighted by Gasteiger charge is 2.50. The van der Waals surface area contributed by atoms with Gasteiger partial charge in [0, 0.05) is 12.0 Å². The minimum atomic E-state index is 0.0128. The summed E-state index contributed by atoms with van der Waals surface area (Å²) < 4.78 is 6.30. The van der Waals surface area contributed by atoms with Crippen molar-refractivity contribution in [2.45, 2.75) is 84.0 Å². The van der Waals surface area contributed by atoms with Crippen molar-refractivity contribution >= 4 is 0 Å². The summed E-state index contributed by atoms with van der Waals surface area (Å²) in [5, 5.41) is 3.78. The van der Waals surface area contributed by atoms with Gasteiger partial charge < -0.3 is 10.1 Å². The molecule has 1 aliphatic heterocycles. The van der Waals surface area contributed by atoms with E-state index in [1.54, 1.807) is 0 Å². The van der Waals surface area contributed by atoms with E-state index in [-0.39, 0.29) is 11.2 Å². The van der Waals surface area contributed by atoms with Crippen LogP contribution in [0.25, 0.3) is 0 Å². The molecule has 2 fully saturated rings. The monoisotopic (exact) mass is 253 g/mol. The number of nitrogens with one attached hydrogen (secondary N) is 1. The van der Waals surface area contributed by atoms with Crippen LogP contribution in [0, 0.1) is 11.8 Å². The molecule has 1 saturated heterocycles. The zero-order valence-corrected chi connectivity index (χ0v) is 12.9. The van der Waals surface area contributed by atoms with Gasteiger partial charge in [0.2, 0.25) is 0 Å². The second-order valence-electron chi connectivity index (χ2n) is 7.40. The van der Waals surface area contributed by atoms with Crippen LogP contribution in [0.3, 0.4) is 0 Å². The standard InChI is InChI=1S/C16H31NO/c1-6-17-14(12-9-7-8-10-12)13-11-15(2,3)18-16(13,4)5/h12-14,17H,6-11H2,1-5H3. The van der Waals surface area contributed by atoms with Crippen LogP contribution in [-0.4, -0.2) is 23.8 Å². The van der Waals surface area contributed by atoms with Crippen molar-refractivity contribution in [3.63, 3.8) is 0 Å². The Morgan fingerprint density at radius 1 is 1.17 bits per heavy atom. The molecule has 1 heterocycles. The van der Waals surface area contributed by atoms with E-state index < -0.39 is 0 Å². The van der Waals surface area contributed by atoms with Crippen LogP contribution in [-0.2, 0) is 4.74 Å². The summed E-state index contributed by atoms with van der Waals surface area (Å²) in [5.41, 5.74) is 0.0549. The Labute approximate surface area is 113 Å². The Kier molecular flexibility index (Phi) is 4.08. The van der Waals surface area contributed by atoms with E-state index in [0.717, 1.165) is 12.5 Å². The molecule has 0 spiro atoms. The molecule has 0 aromatic heterocycles. The molecule has 1 N–H and O–H groups in total. The summed E-state index contributed by atoms with van der Waals surface area (Å²) in [6.07, 6.45) is 6.84. The second-order valence-corrected chi connectivity index (χ2v) is 7.40. The van der Waals surface area contributed by atoms with Gasteiger partial charge in [-0.05, 0) is 59.4 Å². The predicted octanol–water partition coefficient (Wildman–Crippen LogP) is 3.75. The molecule has 2 rings (SSSR count). The van der Waals surface area contributed by atoms with E-state index in [2.05, 4.69) is 39.9 Å². The number of rotatable bonds is 4. The van der Waals surface area contributed by atoms with E-state index in [1.165, 1.54) is 32.1 Å². The number of hydrogen-bond donors (Lipinski definition) is 1. The molecule has 0 radical (unpaired) electrons. The molecule has 1 saturated carbocycles. The van der Waals surface area contributed by atoms with Crippen molar-refractivity contribution in [1.82, 2.24) is 5.32 Å². The zero-order valence-electron chi connectivity index (χ0n) is 12.9. The van der Waals surface area contributed by atoms with Gasteiger partial charge in [0.15, 0.2) is 0 Å². The third kappa shape index (κ3) is 2.91. The van der Waals surface area contributed by atoms with Crippen LogP contribution in [0.15, 0.2) is 0 Å². The van der Waals surface area contributed by atoms with Gasteiger partial charge in [-0.25, -0.2) is 0 Å². The quantitative estimate of drug-likeness (QED) is 0.824. The molecule has 0 aromatic carbocycles. The molecule has 2 atom stereocenters. The number of ether oxygens (including phenoxy) is 1. The van der Waals surface area contributed by atoms with Crippen LogP contribution in [0.2, 0.25) is 0 Å². The fraction of sp³-hybridized carbons (Fsp3) is 1.00. The van der Waals surface area contributed by atoms with Gasteiger partial charge in [-0.2, -0.15) is 0 Å². The van der Waals surface area contributed by atoms with Crippen molar-refractivity contribution in [1.29, 1.82) is 0 Å². The van der Waals surface area contributed by atoms with Gasteiger partial charge in [-0.15, -0.1) is 0 Å². The highest BCUT2D eigenvalue weighted by molar-refractivity contribution is 5.01. The molecular formula is C16H31NO. The number of hydrogen-bond acceptors (Lipinski definition) is 2. The highest BCUT2D eigenvalue weighted by atomic mass is 16.5. The maximum Gasteiger partial charge on any atom is 0.0677 e. The Bertz CT molecular complexity index is 279. The first kappa shape index (κ1) is 14.3. The Morgan fingerprint density at radius 3 is 2.22 bits per heavy atom. The van der Waals surface area contributed by atoms with Gasteiger partial charge in [0.05, 0.1) is 11.2 Å². The van der Waals surface area contributed by atoms with Gasteiger partial charge in [-0.3, -0.25) is 0 Å². The lowest BCUT2D eigenvalue weighted by molar-refractivity contribution is -0.0795. The summed E-state index contributed by atoms with van der Waals surface area (Å²) in [5.74, 6) is 1.52. The molecule has 18 heavy (non-hydrogen) atoms. The first-order valence-electron chi connectivity index (χ1n) is 7.79. The van der Waals surface area contributed by atoms with Crippen LogP contribution in [0.4, 0.5) is 0 Å². The maximum atomic E-state index is 6.30. The zero-order chi connectivity index (χ0) is 13.4. The summed E-state index contributed by atoms with van der Waals surface area (Å²) >= 11 is 0. The van der Waals surface area contributed by atoms with Crippen molar-refractivity contribution in [3.8, 4) is 0 Å². The van der Waals surface area contributed by atoms with Gasteiger partial charge >= 0.3 is 0 Å². The SMILES string of the molecule is CCNC(C1CCCC1)C1CC(C)(C)OC1(C)C. The molecule has 106 valence electrons. The van der Waals surface area contributed by atoms with Gasteiger partial charge in [0.25, 0.3) is 0 Å². The second kappa shape index (κ2) is 5.13. The van der Waals surface area contributed by atoms with E-state index in [4.69, 9.17) is 4.74 Å². The third-order valence-corrected chi connectivity index (χ3v) is 4.92. The average molecular weight is 253 g/mol. The molecule has 2 nitrogen and oxygen atoms in total. The average Bonchev–Trinajstić information content (AvgIpc) is 2.80. The van der Waals surface area contributed by atoms with Crippen LogP contribution in [0.1, 0.15) is 66.7 Å². The fourth-order valence-electron chi connectivity index (χ4n) is 4.35. The van der Waals surface area contributed by atoms with Crippen molar-refractivity contribution in [2.75, 3.05) is 6.54 Å². The van der Waals surface area contributed by atoms with Crippen molar-refractivity contribution in [2.24, 2.45) is 11.8 Å². The first-order chi connectivity index (χ1) is 8.36. The largest absolute Gasteiger partial charge is 0.369 e. The van der Waals surface area contributed by atoms with E-state index >= 15 is 0 Å². The molecule has 0 aromatic rings. The fourth-order valence-corrected chi connectivity index (χ4v) is 4.35. The van der Waals surface area contributed by atoms with Gasteiger partial charge in [0.1, 0.15) is 0 Å². The molecule has 1 aliphatic carbocycles. The summed E-state index contributed by atoms with van der Waals surface area (Å²) in [7, 11) is 0. The highest BCUT2D eigenvalue weighted by Crippen LogP contribution is 2.46. The van der Waals surface area contributed by atoms with E-state index in [0.29, 0.717) is 12.0 Å². The van der Waals surface area contributed by atoms with Crippen LogP contribution in [0.5, 0.6) is 0 Å². The minimum Gasteiger partial charge on any atom is -0.369 e. The minimum absolute atomic E-state index is 0.0128. The van der Waals surface area contributed by atoms with Crippen molar-refractivity contribution in [3.05, 3.63) is 0 Å². The van der Waals surface area contributed by atoms with Crippen LogP contribution >= 0.6 is 0 Å².